The second-order valence-electron chi connectivity index (χ2n) is 1.84. The minimum Gasteiger partial charge on any atom is -0.870 e. The maximum absolute atomic E-state index is 8.34. The Labute approximate surface area is 81.5 Å². The smallest absolute Gasteiger partial charge is 0.870 e. The third kappa shape index (κ3) is 5.57. The second-order valence-corrected chi connectivity index (χ2v) is 1.84. The molecule has 0 heterocycles. The van der Waals surface area contributed by atoms with Gasteiger partial charge in [-0.2, -0.15) is 0 Å². The van der Waals surface area contributed by atoms with Crippen LogP contribution in [0.3, 0.4) is 0 Å². The van der Waals surface area contributed by atoms with Crippen LogP contribution >= 0.6 is 0 Å². The van der Waals surface area contributed by atoms with Crippen LogP contribution in [0.2, 0.25) is 0 Å². The van der Waals surface area contributed by atoms with Gasteiger partial charge in [-0.25, -0.2) is 0 Å². The monoisotopic (exact) mass is 161 g/mol. The predicted octanol–water partition coefficient (Wildman–Crippen LogP) is -5.51. The Morgan fingerprint density at radius 1 is 1.00 bits per heavy atom. The van der Waals surface area contributed by atoms with Crippen molar-refractivity contribution in [2.75, 3.05) is 19.8 Å². The van der Waals surface area contributed by atoms with Crippen molar-refractivity contribution in [2.45, 2.75) is 5.54 Å². The van der Waals surface area contributed by atoms with Gasteiger partial charge in [0.25, 0.3) is 0 Å². The van der Waals surface area contributed by atoms with E-state index in [4.69, 9.17) is 21.1 Å². The molecule has 0 saturated carbocycles. The van der Waals surface area contributed by atoms with E-state index < -0.39 is 25.4 Å². The molecule has 58 valence electrons. The molecule has 0 rings (SSSR count). The third-order valence-corrected chi connectivity index (χ3v) is 0.945. The summed E-state index contributed by atoms with van der Waals surface area (Å²) in [6, 6.07) is 0. The van der Waals surface area contributed by atoms with Crippen molar-refractivity contribution >= 4 is 0 Å². The van der Waals surface area contributed by atoms with Crippen LogP contribution in [0.4, 0.5) is 0 Å². The fraction of sp³-hybridized carbons (Fsp3) is 1.00. The van der Waals surface area contributed by atoms with Gasteiger partial charge in [-0.3, -0.25) is 0 Å². The van der Waals surface area contributed by atoms with E-state index in [1.54, 1.807) is 0 Å². The Balaban J connectivity index is -0.000000245. The van der Waals surface area contributed by atoms with Gasteiger partial charge in [-0.05, 0) is 0 Å². The zero-order valence-electron chi connectivity index (χ0n) is 5.99. The Bertz CT molecular complexity index is 60.0. The number of rotatable bonds is 3. The summed E-state index contributed by atoms with van der Waals surface area (Å²) >= 11 is 0. The first-order valence-corrected chi connectivity index (χ1v) is 2.30. The van der Waals surface area contributed by atoms with Gasteiger partial charge in [0.05, 0.1) is 25.4 Å². The average molecular weight is 161 g/mol. The minimum atomic E-state index is -1.21. The van der Waals surface area contributed by atoms with Gasteiger partial charge >= 0.3 is 29.6 Å². The molecule has 0 aliphatic heterocycles. The van der Waals surface area contributed by atoms with E-state index in [2.05, 4.69) is 0 Å². The molecule has 0 unspecified atom stereocenters. The normalized spacial score (nSPS) is 9.60. The standard InChI is InChI=1S/C4H11NO3.Na.H2O/c5-4(1-6,2-7)3-8;;/h6-8H,1-3,5H2;;1H2/q;+1;/p-1. The first-order chi connectivity index (χ1) is 3.68. The molecule has 5 nitrogen and oxygen atoms in total. The van der Waals surface area contributed by atoms with Crippen LogP contribution in [0.25, 0.3) is 0 Å². The van der Waals surface area contributed by atoms with E-state index in [0.717, 1.165) is 0 Å². The summed E-state index contributed by atoms with van der Waals surface area (Å²) < 4.78 is 0. The largest absolute Gasteiger partial charge is 1.00 e. The minimum absolute atomic E-state index is 0. The van der Waals surface area contributed by atoms with Gasteiger partial charge < -0.3 is 26.5 Å². The van der Waals surface area contributed by atoms with E-state index in [-0.39, 0.29) is 35.0 Å². The van der Waals surface area contributed by atoms with Gasteiger partial charge in [0.15, 0.2) is 0 Å². The van der Waals surface area contributed by atoms with Crippen LogP contribution in [0, 0.1) is 0 Å². The van der Waals surface area contributed by atoms with Gasteiger partial charge in [0.1, 0.15) is 0 Å². The second kappa shape index (κ2) is 7.90. The van der Waals surface area contributed by atoms with Crippen molar-refractivity contribution < 1.29 is 50.4 Å². The van der Waals surface area contributed by atoms with Crippen molar-refractivity contribution in [3.8, 4) is 0 Å². The van der Waals surface area contributed by atoms with Gasteiger partial charge in [0.2, 0.25) is 0 Å². The van der Waals surface area contributed by atoms with E-state index >= 15 is 0 Å². The summed E-state index contributed by atoms with van der Waals surface area (Å²) in [4.78, 5) is 0. The Morgan fingerprint density at radius 3 is 1.20 bits per heavy atom. The third-order valence-electron chi connectivity index (χ3n) is 0.945. The fourth-order valence-corrected chi connectivity index (χ4v) is 0.150. The quantitative estimate of drug-likeness (QED) is 0.308. The SMILES string of the molecule is NC(CO)(CO)CO.[Na+].[OH-]. The van der Waals surface area contributed by atoms with Crippen molar-refractivity contribution in [1.82, 2.24) is 0 Å². The predicted molar refractivity (Wildman–Crippen MR) is 30.1 cm³/mol. The van der Waals surface area contributed by atoms with Crippen molar-refractivity contribution in [3.63, 3.8) is 0 Å². The summed E-state index contributed by atoms with van der Waals surface area (Å²) in [5, 5.41) is 25.0. The van der Waals surface area contributed by atoms with Crippen molar-refractivity contribution in [2.24, 2.45) is 5.73 Å². The molecule has 0 bridgehead atoms. The number of hydrogen-bond acceptors (Lipinski definition) is 5. The van der Waals surface area contributed by atoms with Crippen LogP contribution in [0.15, 0.2) is 0 Å². The molecule has 0 aromatic heterocycles. The van der Waals surface area contributed by atoms with Crippen LogP contribution in [-0.2, 0) is 0 Å². The molecule has 0 radical (unpaired) electrons. The summed E-state index contributed by atoms with van der Waals surface area (Å²) in [6.45, 7) is -1.21. The molecule has 0 amide bonds. The zero-order valence-corrected chi connectivity index (χ0v) is 7.99. The van der Waals surface area contributed by atoms with E-state index in [1.165, 1.54) is 0 Å². The Morgan fingerprint density at radius 2 is 1.20 bits per heavy atom. The molecule has 0 saturated heterocycles. The molecule has 0 aromatic carbocycles. The molecule has 10 heavy (non-hydrogen) atoms. The molecule has 0 fully saturated rings. The number of nitrogens with two attached hydrogens (primary N) is 1. The van der Waals surface area contributed by atoms with Crippen LogP contribution < -0.4 is 35.3 Å². The van der Waals surface area contributed by atoms with Crippen molar-refractivity contribution in [3.05, 3.63) is 0 Å². The van der Waals surface area contributed by atoms with Crippen LogP contribution in [0.5, 0.6) is 0 Å². The summed E-state index contributed by atoms with van der Waals surface area (Å²) in [7, 11) is 0. The molecule has 0 aromatic rings. The van der Waals surface area contributed by atoms with Crippen molar-refractivity contribution in [1.29, 1.82) is 0 Å². The molecule has 0 aliphatic rings. The van der Waals surface area contributed by atoms with Gasteiger partial charge in [0, 0.05) is 0 Å². The molecular weight excluding hydrogens is 149 g/mol. The molecular formula is C4H12NNaO4. The average Bonchev–Trinajstić information content (AvgIpc) is 1.87. The molecule has 6 N–H and O–H groups in total. The summed E-state index contributed by atoms with van der Waals surface area (Å²) in [5.41, 5.74) is 3.94. The van der Waals surface area contributed by atoms with E-state index in [9.17, 15) is 0 Å². The molecule has 0 atom stereocenters. The molecule has 6 heteroatoms. The van der Waals surface area contributed by atoms with Crippen LogP contribution in [0.1, 0.15) is 0 Å². The topological polar surface area (TPSA) is 117 Å². The number of hydrogen-bond donors (Lipinski definition) is 4. The first-order valence-electron chi connectivity index (χ1n) is 2.30. The number of aliphatic hydroxyl groups excluding tert-OH is 3. The summed E-state index contributed by atoms with van der Waals surface area (Å²) in [5.74, 6) is 0. The maximum atomic E-state index is 8.34. The molecule has 0 spiro atoms. The van der Waals surface area contributed by atoms with E-state index in [0.29, 0.717) is 0 Å². The van der Waals surface area contributed by atoms with Crippen LogP contribution in [-0.4, -0.2) is 46.2 Å². The Kier molecular flexibility index (Phi) is 13.5. The first kappa shape index (κ1) is 17.0. The van der Waals surface area contributed by atoms with Gasteiger partial charge in [-0.15, -0.1) is 0 Å². The van der Waals surface area contributed by atoms with Gasteiger partial charge in [-0.1, -0.05) is 0 Å². The zero-order chi connectivity index (χ0) is 6.62. The molecule has 0 aliphatic carbocycles. The Hall–Kier alpha value is 0.800. The summed E-state index contributed by atoms with van der Waals surface area (Å²) in [6.07, 6.45) is 0. The number of aliphatic hydroxyl groups is 3. The fourth-order valence-electron chi connectivity index (χ4n) is 0.150. The maximum Gasteiger partial charge on any atom is 1.00 e. The van der Waals surface area contributed by atoms with E-state index in [1.807, 2.05) is 0 Å².